The van der Waals surface area contributed by atoms with E-state index < -0.39 is 0 Å². The summed E-state index contributed by atoms with van der Waals surface area (Å²) in [5.41, 5.74) is 13.2. The molecule has 0 unspecified atom stereocenters. The third kappa shape index (κ3) is 4.70. The van der Waals surface area contributed by atoms with Gasteiger partial charge in [0.05, 0.1) is 0 Å². The van der Waals surface area contributed by atoms with Gasteiger partial charge in [-0.3, -0.25) is 0 Å². The van der Waals surface area contributed by atoms with Crippen molar-refractivity contribution in [3.05, 3.63) is 83.3 Å². The predicted octanol–water partition coefficient (Wildman–Crippen LogP) is 5.61. The molecule has 0 aliphatic carbocycles. The van der Waals surface area contributed by atoms with E-state index in [0.29, 0.717) is 0 Å². The van der Waals surface area contributed by atoms with Crippen LogP contribution < -0.4 is 11.1 Å². The number of fused-ring (bicyclic) bond motifs is 2. The molecule has 0 saturated carbocycles. The molecule has 3 aromatic heterocycles. The molecular formula is C27H30N6. The number of aryl methyl sites for hydroxylation is 1. The minimum atomic E-state index is 0.287. The van der Waals surface area contributed by atoms with E-state index in [1.807, 2.05) is 12.4 Å². The lowest BCUT2D eigenvalue weighted by molar-refractivity contribution is 0.796. The lowest BCUT2D eigenvalue weighted by atomic mass is 10.0. The average Bonchev–Trinajstić information content (AvgIpc) is 3.46. The highest BCUT2D eigenvalue weighted by molar-refractivity contribution is 5.84. The molecule has 0 bridgehead atoms. The predicted molar refractivity (Wildman–Crippen MR) is 137 cm³/mol. The molecule has 0 aliphatic heterocycles. The number of benzene rings is 2. The van der Waals surface area contributed by atoms with Crippen LogP contribution in [0.25, 0.3) is 21.8 Å². The molecule has 6 heteroatoms. The van der Waals surface area contributed by atoms with E-state index in [1.165, 1.54) is 45.8 Å². The highest BCUT2D eigenvalue weighted by Crippen LogP contribution is 2.23. The number of rotatable bonds is 9. The maximum absolute atomic E-state index is 5.91. The fraction of sp³-hybridized carbons (Fsp3) is 0.259. The van der Waals surface area contributed by atoms with Crippen LogP contribution in [0.15, 0.2) is 61.1 Å². The van der Waals surface area contributed by atoms with Crippen molar-refractivity contribution in [2.24, 2.45) is 0 Å². The normalized spacial score (nSPS) is 11.4. The molecule has 0 atom stereocenters. The number of aromatic amines is 2. The number of hydrogen-bond acceptors (Lipinski definition) is 4. The SMILES string of the molecule is CCCCc1ccc2[nH]cc(CCNc3nc(N)ncc3Cc3ccc4[nH]ccc4c3)c2c1. The molecule has 168 valence electrons. The average molecular weight is 439 g/mol. The third-order valence-corrected chi connectivity index (χ3v) is 6.23. The van der Waals surface area contributed by atoms with Crippen molar-refractivity contribution >= 4 is 33.6 Å². The van der Waals surface area contributed by atoms with Crippen LogP contribution in [-0.4, -0.2) is 26.5 Å². The van der Waals surface area contributed by atoms with Crippen LogP contribution in [-0.2, 0) is 19.3 Å². The quantitative estimate of drug-likeness (QED) is 0.241. The van der Waals surface area contributed by atoms with Crippen molar-refractivity contribution in [3.63, 3.8) is 0 Å². The molecule has 6 nitrogen and oxygen atoms in total. The summed E-state index contributed by atoms with van der Waals surface area (Å²) in [6, 6.07) is 15.3. The summed E-state index contributed by atoms with van der Waals surface area (Å²) in [6.45, 7) is 3.01. The molecular weight excluding hydrogens is 408 g/mol. The van der Waals surface area contributed by atoms with Gasteiger partial charge in [-0.05, 0) is 71.7 Å². The Kier molecular flexibility index (Phi) is 5.98. The molecule has 0 radical (unpaired) electrons. The van der Waals surface area contributed by atoms with E-state index in [2.05, 4.69) is 80.8 Å². The van der Waals surface area contributed by atoms with Gasteiger partial charge in [-0.15, -0.1) is 0 Å². The van der Waals surface area contributed by atoms with Gasteiger partial charge in [-0.1, -0.05) is 25.5 Å². The highest BCUT2D eigenvalue weighted by Gasteiger charge is 2.10. The van der Waals surface area contributed by atoms with Crippen molar-refractivity contribution in [3.8, 4) is 0 Å². The van der Waals surface area contributed by atoms with Gasteiger partial charge < -0.3 is 21.0 Å². The van der Waals surface area contributed by atoms with Crippen LogP contribution in [0, 0.1) is 0 Å². The van der Waals surface area contributed by atoms with Gasteiger partial charge in [0, 0.05) is 53.5 Å². The van der Waals surface area contributed by atoms with E-state index in [9.17, 15) is 0 Å². The molecule has 0 saturated heterocycles. The molecule has 5 rings (SSSR count). The number of H-pyrrole nitrogens is 2. The molecule has 0 fully saturated rings. The third-order valence-electron chi connectivity index (χ3n) is 6.23. The van der Waals surface area contributed by atoms with Crippen LogP contribution >= 0.6 is 0 Å². The first kappa shape index (κ1) is 21.1. The number of aromatic nitrogens is 4. The van der Waals surface area contributed by atoms with Crippen LogP contribution in [0.4, 0.5) is 11.8 Å². The van der Waals surface area contributed by atoms with Crippen LogP contribution in [0.2, 0.25) is 0 Å². The summed E-state index contributed by atoms with van der Waals surface area (Å²) in [7, 11) is 0. The van der Waals surface area contributed by atoms with Crippen LogP contribution in [0.5, 0.6) is 0 Å². The molecule has 0 amide bonds. The smallest absolute Gasteiger partial charge is 0.221 e. The summed E-state index contributed by atoms with van der Waals surface area (Å²) in [5, 5.41) is 6.02. The Labute approximate surface area is 193 Å². The van der Waals surface area contributed by atoms with E-state index >= 15 is 0 Å². The Balaban J connectivity index is 1.30. The van der Waals surface area contributed by atoms with Crippen molar-refractivity contribution in [2.75, 3.05) is 17.6 Å². The van der Waals surface area contributed by atoms with Gasteiger partial charge in [-0.2, -0.15) is 4.98 Å². The molecule has 2 aromatic carbocycles. The number of nitrogen functional groups attached to an aromatic ring is 1. The van der Waals surface area contributed by atoms with Gasteiger partial charge in [0.1, 0.15) is 5.82 Å². The summed E-state index contributed by atoms with van der Waals surface area (Å²) in [5.74, 6) is 1.09. The lowest BCUT2D eigenvalue weighted by Gasteiger charge is -2.12. The second kappa shape index (κ2) is 9.36. The molecule has 0 aliphatic rings. The van der Waals surface area contributed by atoms with Crippen LogP contribution in [0.3, 0.4) is 0 Å². The minimum absolute atomic E-state index is 0.287. The van der Waals surface area contributed by atoms with E-state index in [4.69, 9.17) is 5.73 Å². The Morgan fingerprint density at radius 3 is 2.73 bits per heavy atom. The van der Waals surface area contributed by atoms with Gasteiger partial charge in [0.25, 0.3) is 0 Å². The zero-order chi connectivity index (χ0) is 22.6. The number of nitrogens with one attached hydrogen (secondary N) is 3. The Bertz CT molecular complexity index is 1380. The first-order chi connectivity index (χ1) is 16.2. The molecule has 5 aromatic rings. The zero-order valence-corrected chi connectivity index (χ0v) is 19.0. The standard InChI is InChI=1S/C27H30N6/c1-2-3-4-18-5-8-25-23(15-18)21(16-31-25)10-12-30-26-22(17-32-27(28)33-26)14-19-6-7-24-20(13-19)9-11-29-24/h5-9,11,13,15-17,29,31H,2-4,10,12,14H2,1H3,(H3,28,30,32,33). The van der Waals surface area contributed by atoms with Crippen molar-refractivity contribution < 1.29 is 0 Å². The van der Waals surface area contributed by atoms with Crippen molar-refractivity contribution in [2.45, 2.75) is 39.0 Å². The van der Waals surface area contributed by atoms with E-state index in [0.717, 1.165) is 42.7 Å². The van der Waals surface area contributed by atoms with Gasteiger partial charge in [-0.25, -0.2) is 4.98 Å². The van der Waals surface area contributed by atoms with Gasteiger partial charge in [0.15, 0.2) is 0 Å². The maximum atomic E-state index is 5.91. The topological polar surface area (TPSA) is 95.4 Å². The number of unbranched alkanes of at least 4 members (excludes halogenated alkanes) is 1. The second-order valence-electron chi connectivity index (χ2n) is 8.65. The zero-order valence-electron chi connectivity index (χ0n) is 19.0. The second-order valence-corrected chi connectivity index (χ2v) is 8.65. The van der Waals surface area contributed by atoms with Gasteiger partial charge in [0.2, 0.25) is 5.95 Å². The monoisotopic (exact) mass is 438 g/mol. The first-order valence-corrected chi connectivity index (χ1v) is 11.7. The fourth-order valence-corrected chi connectivity index (χ4v) is 4.42. The highest BCUT2D eigenvalue weighted by atomic mass is 15.1. The van der Waals surface area contributed by atoms with E-state index in [1.54, 1.807) is 0 Å². The summed E-state index contributed by atoms with van der Waals surface area (Å²) < 4.78 is 0. The van der Waals surface area contributed by atoms with Crippen LogP contribution in [0.1, 0.15) is 42.0 Å². The summed E-state index contributed by atoms with van der Waals surface area (Å²) in [6.07, 6.45) is 11.1. The first-order valence-electron chi connectivity index (χ1n) is 11.7. The molecule has 0 spiro atoms. The Morgan fingerprint density at radius 1 is 0.939 bits per heavy atom. The number of hydrogen-bond donors (Lipinski definition) is 4. The van der Waals surface area contributed by atoms with Crippen molar-refractivity contribution in [1.29, 1.82) is 0 Å². The molecule has 5 N–H and O–H groups in total. The summed E-state index contributed by atoms with van der Waals surface area (Å²) in [4.78, 5) is 15.4. The fourth-order valence-electron chi connectivity index (χ4n) is 4.42. The number of nitrogens with zero attached hydrogens (tertiary/aromatic N) is 2. The molecule has 33 heavy (non-hydrogen) atoms. The lowest BCUT2D eigenvalue weighted by Crippen LogP contribution is -2.11. The Hall–Kier alpha value is -3.80. The minimum Gasteiger partial charge on any atom is -0.369 e. The van der Waals surface area contributed by atoms with Gasteiger partial charge >= 0.3 is 0 Å². The van der Waals surface area contributed by atoms with E-state index in [-0.39, 0.29) is 5.95 Å². The van der Waals surface area contributed by atoms with Crippen molar-refractivity contribution in [1.82, 2.24) is 19.9 Å². The maximum Gasteiger partial charge on any atom is 0.221 e. The largest absolute Gasteiger partial charge is 0.369 e. The number of anilines is 2. The number of nitrogens with two attached hydrogens (primary N) is 1. The Morgan fingerprint density at radius 2 is 1.82 bits per heavy atom. The molecule has 3 heterocycles. The summed E-state index contributed by atoms with van der Waals surface area (Å²) >= 11 is 0.